The zero-order chi connectivity index (χ0) is 13.5. The van der Waals surface area contributed by atoms with E-state index in [-0.39, 0.29) is 17.2 Å². The quantitative estimate of drug-likeness (QED) is 0.896. The van der Waals surface area contributed by atoms with Crippen LogP contribution in [0.5, 0.6) is 17.2 Å². The van der Waals surface area contributed by atoms with Crippen LogP contribution >= 0.6 is 15.9 Å². The van der Waals surface area contributed by atoms with Crippen molar-refractivity contribution >= 4 is 15.9 Å². The van der Waals surface area contributed by atoms with E-state index < -0.39 is 0 Å². The van der Waals surface area contributed by atoms with Gasteiger partial charge in [0, 0.05) is 21.5 Å². The molecule has 18 heavy (non-hydrogen) atoms. The Hall–Kier alpha value is -0.940. The minimum absolute atomic E-state index is 0.0159. The molecule has 1 saturated carbocycles. The lowest BCUT2D eigenvalue weighted by Gasteiger charge is -2.24. The number of phenolic OH excluding ortho intramolecular Hbond substituents is 1. The van der Waals surface area contributed by atoms with Crippen LogP contribution in [-0.4, -0.2) is 25.4 Å². The van der Waals surface area contributed by atoms with Crippen LogP contribution in [0.3, 0.4) is 0 Å². The van der Waals surface area contributed by atoms with Crippen molar-refractivity contribution in [2.75, 3.05) is 14.2 Å². The van der Waals surface area contributed by atoms with E-state index in [4.69, 9.17) is 15.2 Å². The van der Waals surface area contributed by atoms with Crippen molar-refractivity contribution in [1.29, 1.82) is 0 Å². The Morgan fingerprint density at radius 1 is 1.39 bits per heavy atom. The van der Waals surface area contributed by atoms with Gasteiger partial charge in [-0.1, -0.05) is 15.9 Å². The van der Waals surface area contributed by atoms with Gasteiger partial charge < -0.3 is 20.3 Å². The second-order valence-corrected chi connectivity index (χ2v) is 5.62. The zero-order valence-electron chi connectivity index (χ0n) is 10.8. The lowest BCUT2D eigenvalue weighted by atomic mass is 9.88. The van der Waals surface area contributed by atoms with Crippen LogP contribution in [0.15, 0.2) is 10.5 Å². The summed E-state index contributed by atoms with van der Waals surface area (Å²) in [6, 6.07) is 1.80. The minimum atomic E-state index is -0.150. The average molecular weight is 316 g/mol. The molecule has 4 nitrogen and oxygen atoms in total. The minimum Gasteiger partial charge on any atom is -0.504 e. The molecule has 1 aromatic carbocycles. The first-order valence-corrected chi connectivity index (χ1v) is 6.66. The summed E-state index contributed by atoms with van der Waals surface area (Å²) in [7, 11) is 3.06. The SMILES string of the molecule is COc1cc(Br)c(C2(C(C)N)CC2)c(O)c1OC. The van der Waals surface area contributed by atoms with Gasteiger partial charge in [0.2, 0.25) is 5.75 Å². The summed E-state index contributed by atoms with van der Waals surface area (Å²) in [5, 5.41) is 10.4. The summed E-state index contributed by atoms with van der Waals surface area (Å²) in [4.78, 5) is 0. The molecule has 0 heterocycles. The second kappa shape index (κ2) is 4.63. The summed E-state index contributed by atoms with van der Waals surface area (Å²) >= 11 is 3.50. The van der Waals surface area contributed by atoms with Crippen LogP contribution in [0.1, 0.15) is 25.3 Å². The third kappa shape index (κ3) is 1.86. The number of hydrogen-bond acceptors (Lipinski definition) is 4. The first-order chi connectivity index (χ1) is 8.47. The highest BCUT2D eigenvalue weighted by atomic mass is 79.9. The Bertz CT molecular complexity index is 470. The predicted molar refractivity (Wildman–Crippen MR) is 73.5 cm³/mol. The number of halogens is 1. The third-order valence-corrected chi connectivity index (χ3v) is 4.38. The van der Waals surface area contributed by atoms with Crippen molar-refractivity contribution < 1.29 is 14.6 Å². The van der Waals surface area contributed by atoms with Gasteiger partial charge in [-0.05, 0) is 25.8 Å². The number of rotatable bonds is 4. The molecule has 0 bridgehead atoms. The largest absolute Gasteiger partial charge is 0.504 e. The van der Waals surface area contributed by atoms with Gasteiger partial charge in [-0.2, -0.15) is 0 Å². The maximum atomic E-state index is 10.4. The highest BCUT2D eigenvalue weighted by Crippen LogP contribution is 2.58. The number of methoxy groups -OCH3 is 2. The van der Waals surface area contributed by atoms with Crippen LogP contribution in [0.2, 0.25) is 0 Å². The van der Waals surface area contributed by atoms with E-state index in [0.29, 0.717) is 11.5 Å². The molecule has 100 valence electrons. The maximum absolute atomic E-state index is 10.4. The van der Waals surface area contributed by atoms with E-state index in [1.807, 2.05) is 13.0 Å². The van der Waals surface area contributed by atoms with Crippen LogP contribution < -0.4 is 15.2 Å². The maximum Gasteiger partial charge on any atom is 0.203 e. The van der Waals surface area contributed by atoms with Crippen molar-refractivity contribution in [2.24, 2.45) is 5.73 Å². The highest BCUT2D eigenvalue weighted by Gasteiger charge is 2.51. The molecule has 0 aromatic heterocycles. The summed E-state index contributed by atoms with van der Waals surface area (Å²) in [5.41, 5.74) is 6.74. The Kier molecular flexibility index (Phi) is 3.47. The first-order valence-electron chi connectivity index (χ1n) is 5.87. The van der Waals surface area contributed by atoms with Crippen LogP contribution in [0.4, 0.5) is 0 Å². The van der Waals surface area contributed by atoms with Gasteiger partial charge >= 0.3 is 0 Å². The molecule has 1 atom stereocenters. The molecule has 0 amide bonds. The van der Waals surface area contributed by atoms with Crippen molar-refractivity contribution in [2.45, 2.75) is 31.2 Å². The fourth-order valence-corrected chi connectivity index (χ4v) is 3.28. The summed E-state index contributed by atoms with van der Waals surface area (Å²) in [6.45, 7) is 1.97. The van der Waals surface area contributed by atoms with Gasteiger partial charge in [-0.15, -0.1) is 0 Å². The molecule has 0 saturated heterocycles. The number of benzene rings is 1. The molecule has 0 spiro atoms. The van der Waals surface area contributed by atoms with Gasteiger partial charge in [0.05, 0.1) is 14.2 Å². The molecule has 1 aliphatic carbocycles. The topological polar surface area (TPSA) is 64.7 Å². The molecule has 2 rings (SSSR count). The lowest BCUT2D eigenvalue weighted by molar-refractivity contribution is 0.328. The monoisotopic (exact) mass is 315 g/mol. The van der Waals surface area contributed by atoms with E-state index in [1.165, 1.54) is 7.11 Å². The molecule has 1 fully saturated rings. The van der Waals surface area contributed by atoms with Gasteiger partial charge in [0.1, 0.15) is 0 Å². The Morgan fingerprint density at radius 3 is 2.39 bits per heavy atom. The molecule has 1 aliphatic rings. The van der Waals surface area contributed by atoms with E-state index in [9.17, 15) is 5.11 Å². The van der Waals surface area contributed by atoms with Gasteiger partial charge in [-0.3, -0.25) is 0 Å². The van der Waals surface area contributed by atoms with Crippen LogP contribution in [0.25, 0.3) is 0 Å². The van der Waals surface area contributed by atoms with E-state index in [2.05, 4.69) is 15.9 Å². The Balaban J connectivity index is 2.62. The zero-order valence-corrected chi connectivity index (χ0v) is 12.4. The van der Waals surface area contributed by atoms with E-state index >= 15 is 0 Å². The Labute approximate surface area is 115 Å². The van der Waals surface area contributed by atoms with Crippen molar-refractivity contribution in [3.63, 3.8) is 0 Å². The van der Waals surface area contributed by atoms with Gasteiger partial charge in [0.25, 0.3) is 0 Å². The summed E-state index contributed by atoms with van der Waals surface area (Å²) in [6.07, 6.45) is 1.96. The van der Waals surface area contributed by atoms with E-state index in [1.54, 1.807) is 7.11 Å². The van der Waals surface area contributed by atoms with Gasteiger partial charge in [-0.25, -0.2) is 0 Å². The smallest absolute Gasteiger partial charge is 0.203 e. The predicted octanol–water partition coefficient (Wildman–Crippen LogP) is 2.55. The molecule has 5 heteroatoms. The molecule has 0 radical (unpaired) electrons. The normalized spacial score (nSPS) is 18.3. The van der Waals surface area contributed by atoms with Crippen molar-refractivity contribution in [3.8, 4) is 17.2 Å². The first kappa shape index (κ1) is 13.5. The number of phenols is 1. The molecule has 0 aliphatic heterocycles. The van der Waals surface area contributed by atoms with Crippen molar-refractivity contribution in [1.82, 2.24) is 0 Å². The van der Waals surface area contributed by atoms with Gasteiger partial charge in [0.15, 0.2) is 11.5 Å². The number of nitrogens with two attached hydrogens (primary N) is 1. The standard InChI is InChI=1S/C13H18BrNO3/c1-7(15)13(4-5-13)10-8(14)6-9(17-2)12(18-3)11(10)16/h6-7,16H,4-5,15H2,1-3H3. The molecule has 1 aromatic rings. The summed E-state index contributed by atoms with van der Waals surface area (Å²) < 4.78 is 11.2. The number of ether oxygens (including phenoxy) is 2. The number of hydrogen-bond donors (Lipinski definition) is 2. The number of aromatic hydroxyl groups is 1. The third-order valence-electron chi connectivity index (χ3n) is 3.75. The summed E-state index contributed by atoms with van der Waals surface area (Å²) in [5.74, 6) is 0.993. The van der Waals surface area contributed by atoms with Crippen molar-refractivity contribution in [3.05, 3.63) is 16.1 Å². The average Bonchev–Trinajstić information content (AvgIpc) is 3.09. The molecule has 1 unspecified atom stereocenters. The van der Waals surface area contributed by atoms with Crippen LogP contribution in [0, 0.1) is 0 Å². The van der Waals surface area contributed by atoms with E-state index in [0.717, 1.165) is 22.9 Å². The molecular formula is C13H18BrNO3. The fraction of sp³-hybridized carbons (Fsp3) is 0.538. The molecule has 3 N–H and O–H groups in total. The van der Waals surface area contributed by atoms with Crippen LogP contribution in [-0.2, 0) is 5.41 Å². The Morgan fingerprint density at radius 2 is 2.00 bits per heavy atom. The highest BCUT2D eigenvalue weighted by molar-refractivity contribution is 9.10. The molecular weight excluding hydrogens is 298 g/mol. The lowest BCUT2D eigenvalue weighted by Crippen LogP contribution is -2.32. The fourth-order valence-electron chi connectivity index (χ4n) is 2.49. The second-order valence-electron chi connectivity index (χ2n) is 4.76.